The van der Waals surface area contributed by atoms with Crippen LogP contribution in [0.2, 0.25) is 0 Å². The Morgan fingerprint density at radius 3 is 2.71 bits per heavy atom. The van der Waals surface area contributed by atoms with Gasteiger partial charge >= 0.3 is 6.03 Å². The molecule has 1 fully saturated rings. The van der Waals surface area contributed by atoms with Gasteiger partial charge in [0, 0.05) is 25.7 Å². The molecule has 7 heteroatoms. The van der Waals surface area contributed by atoms with E-state index in [-0.39, 0.29) is 11.9 Å². The maximum atomic E-state index is 12.5. The van der Waals surface area contributed by atoms with E-state index in [2.05, 4.69) is 10.6 Å². The number of nitrogens with zero attached hydrogens (tertiary/aromatic N) is 1. The zero-order valence-electron chi connectivity index (χ0n) is 15.9. The van der Waals surface area contributed by atoms with Crippen LogP contribution in [0.1, 0.15) is 18.6 Å². The van der Waals surface area contributed by atoms with Gasteiger partial charge in [-0.1, -0.05) is 12.1 Å². The number of rotatable bonds is 6. The Morgan fingerprint density at radius 1 is 1.21 bits per heavy atom. The second kappa shape index (κ2) is 9.64. The average molecular weight is 383 g/mol. The summed E-state index contributed by atoms with van der Waals surface area (Å²) in [6.07, 6.45) is 6.37. The van der Waals surface area contributed by atoms with E-state index in [4.69, 9.17) is 9.15 Å². The third-order valence-corrected chi connectivity index (χ3v) is 4.76. The smallest absolute Gasteiger partial charge is 0.321 e. The first-order chi connectivity index (χ1) is 13.7. The number of carbonyl (C=O) groups is 2. The minimum atomic E-state index is -0.146. The van der Waals surface area contributed by atoms with Crippen LogP contribution in [0.4, 0.5) is 10.5 Å². The summed E-state index contributed by atoms with van der Waals surface area (Å²) in [5.74, 6) is 1.49. The molecular weight excluding hydrogens is 358 g/mol. The van der Waals surface area contributed by atoms with Gasteiger partial charge in [0.2, 0.25) is 5.91 Å². The van der Waals surface area contributed by atoms with Crippen LogP contribution in [0.3, 0.4) is 0 Å². The Hall–Kier alpha value is -3.22. The SMILES string of the molecule is COc1ccccc1NC(=O)N1CCC(CNC(=O)/C=C/c2ccco2)CC1. The number of amides is 3. The first kappa shape index (κ1) is 19.5. The number of nitrogens with one attached hydrogen (secondary N) is 2. The molecule has 0 aliphatic carbocycles. The Balaban J connectivity index is 1.40. The molecule has 1 aromatic heterocycles. The fourth-order valence-electron chi connectivity index (χ4n) is 3.13. The van der Waals surface area contributed by atoms with Gasteiger partial charge in [-0.2, -0.15) is 0 Å². The summed E-state index contributed by atoms with van der Waals surface area (Å²) in [7, 11) is 1.58. The molecule has 0 bridgehead atoms. The van der Waals surface area contributed by atoms with Crippen LogP contribution in [-0.4, -0.2) is 43.6 Å². The quantitative estimate of drug-likeness (QED) is 0.749. The van der Waals surface area contributed by atoms with Crippen molar-refractivity contribution in [3.05, 3.63) is 54.5 Å². The van der Waals surface area contributed by atoms with Gasteiger partial charge < -0.3 is 24.7 Å². The molecule has 0 saturated carbocycles. The molecule has 1 aromatic carbocycles. The highest BCUT2D eigenvalue weighted by Crippen LogP contribution is 2.24. The predicted octanol–water partition coefficient (Wildman–Crippen LogP) is 3.36. The minimum absolute atomic E-state index is 0.131. The standard InChI is InChI=1S/C21H25N3O4/c1-27-19-7-3-2-6-18(19)23-21(26)24-12-10-16(11-13-24)15-22-20(25)9-8-17-5-4-14-28-17/h2-9,14,16H,10-13,15H2,1H3,(H,22,25)(H,23,26)/b9-8+. The summed E-state index contributed by atoms with van der Waals surface area (Å²) in [4.78, 5) is 26.2. The maximum Gasteiger partial charge on any atom is 0.321 e. The molecule has 1 saturated heterocycles. The van der Waals surface area contributed by atoms with E-state index in [0.29, 0.717) is 42.7 Å². The molecule has 1 aliphatic rings. The highest BCUT2D eigenvalue weighted by molar-refractivity contribution is 5.91. The zero-order valence-corrected chi connectivity index (χ0v) is 15.9. The molecule has 2 aromatic rings. The summed E-state index contributed by atoms with van der Waals surface area (Å²) < 4.78 is 10.4. The van der Waals surface area contributed by atoms with Crippen LogP contribution in [0, 0.1) is 5.92 Å². The molecule has 0 unspecified atom stereocenters. The highest BCUT2D eigenvalue weighted by atomic mass is 16.5. The topological polar surface area (TPSA) is 83.8 Å². The lowest BCUT2D eigenvalue weighted by atomic mass is 9.97. The average Bonchev–Trinajstić information content (AvgIpc) is 3.25. The zero-order chi connectivity index (χ0) is 19.8. The number of furan rings is 1. The van der Waals surface area contributed by atoms with Crippen LogP contribution >= 0.6 is 0 Å². The monoisotopic (exact) mass is 383 g/mol. The number of urea groups is 1. The van der Waals surface area contributed by atoms with Crippen molar-refractivity contribution in [2.45, 2.75) is 12.8 Å². The van der Waals surface area contributed by atoms with Crippen molar-refractivity contribution >= 4 is 23.7 Å². The lowest BCUT2D eigenvalue weighted by Gasteiger charge is -2.32. The van der Waals surface area contributed by atoms with Crippen molar-refractivity contribution in [2.24, 2.45) is 5.92 Å². The summed E-state index contributed by atoms with van der Waals surface area (Å²) in [6, 6.07) is 10.8. The number of likely N-dealkylation sites (tertiary alicyclic amines) is 1. The van der Waals surface area contributed by atoms with Crippen LogP contribution in [0.15, 0.2) is 53.2 Å². The number of piperidine rings is 1. The fraction of sp³-hybridized carbons (Fsp3) is 0.333. The number of hydrogen-bond donors (Lipinski definition) is 2. The Bertz CT molecular complexity index is 809. The first-order valence-electron chi connectivity index (χ1n) is 9.34. The van der Waals surface area contributed by atoms with Crippen LogP contribution < -0.4 is 15.4 Å². The minimum Gasteiger partial charge on any atom is -0.495 e. The molecule has 1 aliphatic heterocycles. The summed E-state index contributed by atoms with van der Waals surface area (Å²) in [5.41, 5.74) is 0.660. The van der Waals surface area contributed by atoms with Gasteiger partial charge in [-0.05, 0) is 49.1 Å². The van der Waals surface area contributed by atoms with Gasteiger partial charge in [0.25, 0.3) is 0 Å². The van der Waals surface area contributed by atoms with Crippen molar-refractivity contribution in [2.75, 3.05) is 32.1 Å². The second-order valence-electron chi connectivity index (χ2n) is 6.65. The van der Waals surface area contributed by atoms with E-state index in [1.807, 2.05) is 24.3 Å². The number of benzene rings is 1. The molecule has 0 spiro atoms. The van der Waals surface area contributed by atoms with Crippen molar-refractivity contribution in [3.8, 4) is 5.75 Å². The van der Waals surface area contributed by atoms with Gasteiger partial charge in [-0.25, -0.2) is 4.79 Å². The number of carbonyl (C=O) groups excluding carboxylic acids is 2. The second-order valence-corrected chi connectivity index (χ2v) is 6.65. The number of para-hydroxylation sites is 2. The van der Waals surface area contributed by atoms with E-state index in [1.165, 1.54) is 6.08 Å². The molecule has 2 N–H and O–H groups in total. The Kier molecular flexibility index (Phi) is 6.73. The number of ether oxygens (including phenoxy) is 1. The van der Waals surface area contributed by atoms with Gasteiger partial charge in [0.05, 0.1) is 19.1 Å². The maximum absolute atomic E-state index is 12.5. The third kappa shape index (κ3) is 5.39. The highest BCUT2D eigenvalue weighted by Gasteiger charge is 2.23. The molecule has 3 rings (SSSR count). The summed E-state index contributed by atoms with van der Waals surface area (Å²) in [5, 5.41) is 5.81. The lowest BCUT2D eigenvalue weighted by molar-refractivity contribution is -0.116. The largest absolute Gasteiger partial charge is 0.495 e. The lowest BCUT2D eigenvalue weighted by Crippen LogP contribution is -2.43. The number of hydrogen-bond acceptors (Lipinski definition) is 4. The van der Waals surface area contributed by atoms with E-state index < -0.39 is 0 Å². The molecular formula is C21H25N3O4. The van der Waals surface area contributed by atoms with Crippen LogP contribution in [0.5, 0.6) is 5.75 Å². The fourth-order valence-corrected chi connectivity index (χ4v) is 3.13. The molecule has 0 radical (unpaired) electrons. The number of methoxy groups -OCH3 is 1. The van der Waals surface area contributed by atoms with Crippen molar-refractivity contribution in [1.29, 1.82) is 0 Å². The van der Waals surface area contributed by atoms with Gasteiger partial charge in [0.1, 0.15) is 11.5 Å². The van der Waals surface area contributed by atoms with Crippen LogP contribution in [0.25, 0.3) is 6.08 Å². The van der Waals surface area contributed by atoms with Crippen molar-refractivity contribution in [3.63, 3.8) is 0 Å². The van der Waals surface area contributed by atoms with Gasteiger partial charge in [-0.15, -0.1) is 0 Å². The molecule has 3 amide bonds. The number of anilines is 1. The molecule has 2 heterocycles. The molecule has 7 nitrogen and oxygen atoms in total. The van der Waals surface area contributed by atoms with E-state index in [9.17, 15) is 9.59 Å². The van der Waals surface area contributed by atoms with Gasteiger partial charge in [0.15, 0.2) is 0 Å². The van der Waals surface area contributed by atoms with E-state index in [0.717, 1.165) is 12.8 Å². The molecule has 28 heavy (non-hydrogen) atoms. The van der Waals surface area contributed by atoms with E-state index >= 15 is 0 Å². The van der Waals surface area contributed by atoms with Gasteiger partial charge in [-0.3, -0.25) is 4.79 Å². The van der Waals surface area contributed by atoms with Crippen molar-refractivity contribution in [1.82, 2.24) is 10.2 Å². The summed E-state index contributed by atoms with van der Waals surface area (Å²) >= 11 is 0. The third-order valence-electron chi connectivity index (χ3n) is 4.76. The van der Waals surface area contributed by atoms with E-state index in [1.54, 1.807) is 36.5 Å². The first-order valence-corrected chi connectivity index (χ1v) is 9.34. The summed E-state index contributed by atoms with van der Waals surface area (Å²) in [6.45, 7) is 1.91. The Labute approximate surface area is 164 Å². The molecule has 0 atom stereocenters. The van der Waals surface area contributed by atoms with Crippen LogP contribution in [-0.2, 0) is 4.79 Å². The molecule has 148 valence electrons. The normalized spacial score (nSPS) is 14.8. The predicted molar refractivity (Wildman–Crippen MR) is 107 cm³/mol. The van der Waals surface area contributed by atoms with Crippen molar-refractivity contribution < 1.29 is 18.7 Å². The Morgan fingerprint density at radius 2 is 2.00 bits per heavy atom.